The van der Waals surface area contributed by atoms with Crippen molar-refractivity contribution in [1.29, 1.82) is 0 Å². The number of carbonyl (C=O) groups is 2. The molecule has 1 N–H and O–H groups in total. The van der Waals surface area contributed by atoms with Crippen LogP contribution in [0.4, 0.5) is 0 Å². The van der Waals surface area contributed by atoms with E-state index in [2.05, 4.69) is 0 Å². The molecule has 0 saturated heterocycles. The molecule has 0 radical (unpaired) electrons. The molecule has 2 rings (SSSR count). The van der Waals surface area contributed by atoms with E-state index in [4.69, 9.17) is 4.84 Å². The van der Waals surface area contributed by atoms with Gasteiger partial charge in [-0.3, -0.25) is 14.4 Å². The highest BCUT2D eigenvalue weighted by Gasteiger charge is 2.35. The Balaban J connectivity index is 2.30. The third-order valence-electron chi connectivity index (χ3n) is 4.03. The average Bonchev–Trinajstić information content (AvgIpc) is 3.29. The van der Waals surface area contributed by atoms with Gasteiger partial charge in [-0.2, -0.15) is 0 Å². The molecule has 1 fully saturated rings. The molecule has 21 heavy (non-hydrogen) atoms. The number of Topliss-reactive ketones (excluding diaryl/α,β-unsaturated/α-hetero) is 1. The Labute approximate surface area is 124 Å². The van der Waals surface area contributed by atoms with Crippen molar-refractivity contribution < 1.29 is 19.5 Å². The fourth-order valence-electron chi connectivity index (χ4n) is 2.29. The van der Waals surface area contributed by atoms with Crippen molar-refractivity contribution in [1.82, 2.24) is 5.06 Å². The van der Waals surface area contributed by atoms with Crippen LogP contribution in [0.15, 0.2) is 18.2 Å². The molecule has 1 aliphatic rings. The van der Waals surface area contributed by atoms with Gasteiger partial charge in [-0.15, -0.1) is 0 Å². The number of amides is 1. The van der Waals surface area contributed by atoms with E-state index in [1.165, 1.54) is 20.2 Å². The molecule has 1 aliphatic carbocycles. The number of likely N-dealkylation sites (N-methyl/N-ethyl adjacent to an activating group) is 1. The minimum atomic E-state index is -0.858. The minimum Gasteiger partial charge on any atom is -0.507 e. The van der Waals surface area contributed by atoms with Gasteiger partial charge in [0.2, 0.25) is 0 Å². The number of phenolic OH excluding ortho intramolecular Hbond substituents is 1. The van der Waals surface area contributed by atoms with Crippen LogP contribution in [-0.4, -0.2) is 36.0 Å². The average molecular weight is 291 g/mol. The monoisotopic (exact) mass is 291 g/mol. The number of benzene rings is 1. The molecule has 0 heterocycles. The summed E-state index contributed by atoms with van der Waals surface area (Å²) in [5.74, 6) is -0.260. The molecular formula is C16H21NO4. The van der Waals surface area contributed by atoms with Gasteiger partial charge < -0.3 is 5.11 Å². The molecule has 0 spiro atoms. The Hall–Kier alpha value is -1.88. The summed E-state index contributed by atoms with van der Waals surface area (Å²) in [5, 5.41) is 11.3. The summed E-state index contributed by atoms with van der Waals surface area (Å²) >= 11 is 0. The van der Waals surface area contributed by atoms with E-state index in [9.17, 15) is 14.7 Å². The van der Waals surface area contributed by atoms with Gasteiger partial charge in [-0.05, 0) is 44.4 Å². The normalized spacial score (nSPS) is 14.9. The number of hydrogen-bond acceptors (Lipinski definition) is 4. The number of phenols is 1. The topological polar surface area (TPSA) is 66.8 Å². The van der Waals surface area contributed by atoms with Crippen LogP contribution in [0.5, 0.6) is 5.75 Å². The maximum absolute atomic E-state index is 12.3. The van der Waals surface area contributed by atoms with E-state index in [0.29, 0.717) is 11.1 Å². The fourth-order valence-corrected chi connectivity index (χ4v) is 2.29. The highest BCUT2D eigenvalue weighted by molar-refractivity contribution is 6.01. The second-order valence-corrected chi connectivity index (χ2v) is 5.98. The van der Waals surface area contributed by atoms with E-state index >= 15 is 0 Å². The summed E-state index contributed by atoms with van der Waals surface area (Å²) in [6.07, 6.45) is 1.78. The van der Waals surface area contributed by atoms with Crippen LogP contribution in [0.3, 0.4) is 0 Å². The van der Waals surface area contributed by atoms with E-state index in [-0.39, 0.29) is 23.4 Å². The van der Waals surface area contributed by atoms with Crippen LogP contribution in [-0.2, 0) is 15.0 Å². The first-order valence-corrected chi connectivity index (χ1v) is 6.99. The van der Waals surface area contributed by atoms with E-state index in [1.807, 2.05) is 0 Å². The molecule has 0 aromatic heterocycles. The Morgan fingerprint density at radius 3 is 2.43 bits per heavy atom. The number of carbonyl (C=O) groups excluding carboxylic acids is 2. The fraction of sp³-hybridized carbons (Fsp3) is 0.500. The third-order valence-corrected chi connectivity index (χ3v) is 4.03. The molecule has 1 saturated carbocycles. The molecule has 0 bridgehead atoms. The Morgan fingerprint density at radius 1 is 1.33 bits per heavy atom. The highest BCUT2D eigenvalue weighted by atomic mass is 16.7. The van der Waals surface area contributed by atoms with Crippen LogP contribution >= 0.6 is 0 Å². The number of hydrogen-bond donors (Lipinski definition) is 1. The van der Waals surface area contributed by atoms with E-state index in [1.54, 1.807) is 26.0 Å². The summed E-state index contributed by atoms with van der Waals surface area (Å²) in [6.45, 7) is 3.50. The number of rotatable bonds is 5. The number of nitrogens with zero attached hydrogens (tertiary/aromatic N) is 1. The highest BCUT2D eigenvalue weighted by Crippen LogP contribution is 2.36. The summed E-state index contributed by atoms with van der Waals surface area (Å²) < 4.78 is 0. The zero-order chi connectivity index (χ0) is 15.8. The number of aromatic hydroxyl groups is 1. The maximum Gasteiger partial charge on any atom is 0.255 e. The maximum atomic E-state index is 12.3. The lowest BCUT2D eigenvalue weighted by atomic mass is 9.82. The van der Waals surface area contributed by atoms with Crippen LogP contribution in [0.1, 0.15) is 42.6 Å². The van der Waals surface area contributed by atoms with Gasteiger partial charge in [0.1, 0.15) is 5.75 Å². The zero-order valence-corrected chi connectivity index (χ0v) is 12.8. The molecule has 0 atom stereocenters. The van der Waals surface area contributed by atoms with Crippen molar-refractivity contribution in [3.63, 3.8) is 0 Å². The first-order chi connectivity index (χ1) is 9.78. The van der Waals surface area contributed by atoms with E-state index < -0.39 is 5.41 Å². The second kappa shape index (κ2) is 5.48. The van der Waals surface area contributed by atoms with Gasteiger partial charge in [0, 0.05) is 13.0 Å². The van der Waals surface area contributed by atoms with Gasteiger partial charge in [-0.1, -0.05) is 6.07 Å². The Bertz CT molecular complexity index is 576. The number of ketones is 1. The van der Waals surface area contributed by atoms with E-state index in [0.717, 1.165) is 17.9 Å². The largest absolute Gasteiger partial charge is 0.507 e. The standard InChI is InChI=1S/C16H21NO4/c1-16(2,15(20)17(3)21-4)11-7-8-12(13(18)9-11)14(19)10-5-6-10/h7-10,18H,5-6H2,1-4H3. The van der Waals surface area contributed by atoms with Crippen molar-refractivity contribution in [2.24, 2.45) is 5.92 Å². The molecule has 1 amide bonds. The summed E-state index contributed by atoms with van der Waals surface area (Å²) in [7, 11) is 2.96. The Kier molecular flexibility index (Phi) is 4.05. The predicted octanol–water partition coefficient (Wildman–Crippen LogP) is 2.28. The lowest BCUT2D eigenvalue weighted by Crippen LogP contribution is -2.40. The minimum absolute atomic E-state index is 0.0165. The number of hydroxylamine groups is 2. The van der Waals surface area contributed by atoms with Gasteiger partial charge in [0.05, 0.1) is 18.1 Å². The second-order valence-electron chi connectivity index (χ2n) is 5.98. The van der Waals surface area contributed by atoms with Crippen molar-refractivity contribution in [3.8, 4) is 5.75 Å². The van der Waals surface area contributed by atoms with Crippen molar-refractivity contribution in [2.45, 2.75) is 32.1 Å². The van der Waals surface area contributed by atoms with Gasteiger partial charge >= 0.3 is 0 Å². The predicted molar refractivity (Wildman–Crippen MR) is 78.0 cm³/mol. The molecule has 0 aliphatic heterocycles. The summed E-state index contributed by atoms with van der Waals surface area (Å²) in [6, 6.07) is 4.82. The van der Waals surface area contributed by atoms with Crippen LogP contribution in [0.25, 0.3) is 0 Å². The molecule has 5 nitrogen and oxygen atoms in total. The summed E-state index contributed by atoms with van der Waals surface area (Å²) in [5.41, 5.74) is 0.120. The smallest absolute Gasteiger partial charge is 0.255 e. The molecule has 5 heteroatoms. The van der Waals surface area contributed by atoms with Crippen molar-refractivity contribution in [3.05, 3.63) is 29.3 Å². The van der Waals surface area contributed by atoms with Gasteiger partial charge in [-0.25, -0.2) is 5.06 Å². The van der Waals surface area contributed by atoms with Gasteiger partial charge in [0.25, 0.3) is 5.91 Å². The van der Waals surface area contributed by atoms with Crippen LogP contribution in [0.2, 0.25) is 0 Å². The van der Waals surface area contributed by atoms with Gasteiger partial charge in [0.15, 0.2) is 5.78 Å². The lowest BCUT2D eigenvalue weighted by Gasteiger charge is -2.28. The van der Waals surface area contributed by atoms with Crippen molar-refractivity contribution in [2.75, 3.05) is 14.2 Å². The van der Waals surface area contributed by atoms with Crippen LogP contribution in [0, 0.1) is 5.92 Å². The lowest BCUT2D eigenvalue weighted by molar-refractivity contribution is -0.174. The first kappa shape index (κ1) is 15.5. The first-order valence-electron chi connectivity index (χ1n) is 6.99. The molecule has 114 valence electrons. The molecule has 0 unspecified atom stereocenters. The third kappa shape index (κ3) is 2.93. The molecule has 1 aromatic rings. The quantitative estimate of drug-likeness (QED) is 0.667. The zero-order valence-electron chi connectivity index (χ0n) is 12.8. The summed E-state index contributed by atoms with van der Waals surface area (Å²) in [4.78, 5) is 29.2. The van der Waals surface area contributed by atoms with Crippen LogP contribution < -0.4 is 0 Å². The molecule has 1 aromatic carbocycles. The Morgan fingerprint density at radius 2 is 1.95 bits per heavy atom. The van der Waals surface area contributed by atoms with Crippen molar-refractivity contribution >= 4 is 11.7 Å². The molecular weight excluding hydrogens is 270 g/mol. The SMILES string of the molecule is CON(C)C(=O)C(C)(C)c1ccc(C(=O)C2CC2)c(O)c1.